The van der Waals surface area contributed by atoms with Crippen molar-refractivity contribution in [3.63, 3.8) is 0 Å². The highest BCUT2D eigenvalue weighted by Gasteiger charge is 2.38. The summed E-state index contributed by atoms with van der Waals surface area (Å²) in [6.45, 7) is 6.38. The molecule has 160 valence electrons. The number of nitrogens with zero attached hydrogens (tertiary/aromatic N) is 2. The molecule has 0 saturated carbocycles. The summed E-state index contributed by atoms with van der Waals surface area (Å²) in [5.74, 6) is -0.387. The van der Waals surface area contributed by atoms with E-state index < -0.39 is 34.0 Å². The average molecular weight is 459 g/mol. The fraction of sp³-hybridized carbons (Fsp3) is 0.474. The minimum Gasteiger partial charge on any atom is -0.259 e. The SMILES string of the molecule is CC(C)c1nc(C(F)(F)F)cc(CC(C)(C)c2nccc(C(F)(F)F)c2Cl)c1Cl. The number of halogens is 8. The van der Waals surface area contributed by atoms with Crippen LogP contribution in [0.15, 0.2) is 18.3 Å². The van der Waals surface area contributed by atoms with Crippen molar-refractivity contribution in [2.75, 3.05) is 0 Å². The minimum atomic E-state index is -4.70. The van der Waals surface area contributed by atoms with E-state index in [2.05, 4.69) is 9.97 Å². The van der Waals surface area contributed by atoms with E-state index in [1.54, 1.807) is 27.7 Å². The molecule has 2 nitrogen and oxygen atoms in total. The summed E-state index contributed by atoms with van der Waals surface area (Å²) in [5.41, 5.74) is -3.22. The van der Waals surface area contributed by atoms with Crippen LogP contribution >= 0.6 is 23.2 Å². The summed E-state index contributed by atoms with van der Waals surface area (Å²) in [6.07, 6.45) is -8.53. The first-order chi connectivity index (χ1) is 13.1. The molecule has 2 heterocycles. The highest BCUT2D eigenvalue weighted by molar-refractivity contribution is 6.32. The second kappa shape index (κ2) is 7.95. The zero-order valence-corrected chi connectivity index (χ0v) is 17.4. The Balaban J connectivity index is 2.60. The van der Waals surface area contributed by atoms with Crippen LogP contribution in [0, 0.1) is 0 Å². The van der Waals surface area contributed by atoms with Crippen molar-refractivity contribution in [3.05, 3.63) is 56.6 Å². The molecule has 0 aliphatic carbocycles. The van der Waals surface area contributed by atoms with E-state index in [9.17, 15) is 26.3 Å². The van der Waals surface area contributed by atoms with Crippen LogP contribution in [0.2, 0.25) is 10.0 Å². The number of alkyl halides is 6. The molecule has 0 saturated heterocycles. The van der Waals surface area contributed by atoms with Gasteiger partial charge in [0.2, 0.25) is 0 Å². The van der Waals surface area contributed by atoms with Crippen LogP contribution in [-0.4, -0.2) is 9.97 Å². The lowest BCUT2D eigenvalue weighted by molar-refractivity contribution is -0.141. The molecule has 29 heavy (non-hydrogen) atoms. The van der Waals surface area contributed by atoms with Crippen molar-refractivity contribution in [3.8, 4) is 0 Å². The van der Waals surface area contributed by atoms with Crippen LogP contribution in [0.3, 0.4) is 0 Å². The zero-order valence-electron chi connectivity index (χ0n) is 15.9. The molecule has 2 aromatic rings. The number of pyridine rings is 2. The summed E-state index contributed by atoms with van der Waals surface area (Å²) < 4.78 is 79.4. The van der Waals surface area contributed by atoms with Crippen molar-refractivity contribution >= 4 is 23.2 Å². The lowest BCUT2D eigenvalue weighted by Crippen LogP contribution is -2.25. The van der Waals surface area contributed by atoms with Gasteiger partial charge in [0.1, 0.15) is 5.69 Å². The first-order valence-electron chi connectivity index (χ1n) is 8.54. The average Bonchev–Trinajstić information content (AvgIpc) is 2.54. The van der Waals surface area contributed by atoms with E-state index in [1.165, 1.54) is 0 Å². The summed E-state index contributed by atoms with van der Waals surface area (Å²) in [5, 5.41) is -0.542. The number of rotatable bonds is 4. The molecule has 0 aliphatic heterocycles. The third kappa shape index (κ3) is 5.15. The third-order valence-electron chi connectivity index (χ3n) is 4.36. The summed E-state index contributed by atoms with van der Waals surface area (Å²) in [7, 11) is 0. The van der Waals surface area contributed by atoms with E-state index >= 15 is 0 Å². The second-order valence-corrected chi connectivity index (χ2v) is 8.35. The Labute approximate surface area is 174 Å². The van der Waals surface area contributed by atoms with Gasteiger partial charge in [-0.05, 0) is 30.0 Å². The molecule has 0 N–H and O–H groups in total. The Hall–Kier alpha value is -1.54. The molecule has 0 amide bonds. The molecule has 0 unspecified atom stereocenters. The van der Waals surface area contributed by atoms with Crippen LogP contribution < -0.4 is 0 Å². The van der Waals surface area contributed by atoms with Crippen molar-refractivity contribution in [2.45, 2.75) is 57.8 Å². The fourth-order valence-electron chi connectivity index (χ4n) is 2.95. The minimum absolute atomic E-state index is 0.0455. The molecule has 10 heteroatoms. The van der Waals surface area contributed by atoms with Gasteiger partial charge in [-0.1, -0.05) is 50.9 Å². The van der Waals surface area contributed by atoms with Gasteiger partial charge in [-0.25, -0.2) is 4.98 Å². The normalized spacial score (nSPS) is 13.3. The molecule has 0 bridgehead atoms. The van der Waals surface area contributed by atoms with Crippen molar-refractivity contribution in [1.82, 2.24) is 9.97 Å². The van der Waals surface area contributed by atoms with E-state index in [4.69, 9.17) is 23.2 Å². The van der Waals surface area contributed by atoms with Crippen LogP contribution in [0.25, 0.3) is 0 Å². The highest BCUT2D eigenvalue weighted by Crippen LogP contribution is 2.42. The van der Waals surface area contributed by atoms with Crippen molar-refractivity contribution < 1.29 is 26.3 Å². The number of aromatic nitrogens is 2. The monoisotopic (exact) mass is 458 g/mol. The summed E-state index contributed by atoms with van der Waals surface area (Å²) in [6, 6.07) is 1.57. The number of hydrogen-bond acceptors (Lipinski definition) is 2. The van der Waals surface area contributed by atoms with Gasteiger partial charge in [0.25, 0.3) is 0 Å². The van der Waals surface area contributed by atoms with Crippen LogP contribution in [0.1, 0.15) is 61.8 Å². The largest absolute Gasteiger partial charge is 0.433 e. The molecule has 2 aromatic heterocycles. The van der Waals surface area contributed by atoms with E-state index in [0.29, 0.717) is 0 Å². The maximum absolute atomic E-state index is 13.3. The van der Waals surface area contributed by atoms with Gasteiger partial charge in [-0.15, -0.1) is 0 Å². The lowest BCUT2D eigenvalue weighted by atomic mass is 9.81. The lowest BCUT2D eigenvalue weighted by Gasteiger charge is -2.28. The van der Waals surface area contributed by atoms with Gasteiger partial charge in [-0.3, -0.25) is 4.98 Å². The van der Waals surface area contributed by atoms with Crippen molar-refractivity contribution in [2.24, 2.45) is 0 Å². The molecule has 0 aliphatic rings. The molecule has 0 atom stereocenters. The molecular formula is C19H18Cl2F6N2. The molecule has 0 spiro atoms. The van der Waals surface area contributed by atoms with Gasteiger partial charge in [-0.2, -0.15) is 26.3 Å². The van der Waals surface area contributed by atoms with E-state index in [0.717, 1.165) is 18.3 Å². The molecule has 0 fully saturated rings. The Kier molecular flexibility index (Phi) is 6.50. The predicted octanol–water partition coefficient (Wildman–Crippen LogP) is 7.46. The zero-order chi connectivity index (χ0) is 22.4. The summed E-state index contributed by atoms with van der Waals surface area (Å²) in [4.78, 5) is 7.59. The Bertz CT molecular complexity index is 905. The van der Waals surface area contributed by atoms with Gasteiger partial charge in [0.15, 0.2) is 0 Å². The maximum atomic E-state index is 13.3. The Morgan fingerprint density at radius 2 is 1.55 bits per heavy atom. The third-order valence-corrected chi connectivity index (χ3v) is 5.18. The van der Waals surface area contributed by atoms with Gasteiger partial charge in [0, 0.05) is 11.6 Å². The number of hydrogen-bond donors (Lipinski definition) is 0. The van der Waals surface area contributed by atoms with Crippen LogP contribution in [0.5, 0.6) is 0 Å². The van der Waals surface area contributed by atoms with Gasteiger partial charge >= 0.3 is 12.4 Å². The van der Waals surface area contributed by atoms with E-state index in [1.807, 2.05) is 0 Å². The Morgan fingerprint density at radius 3 is 2.03 bits per heavy atom. The van der Waals surface area contributed by atoms with Crippen LogP contribution in [0.4, 0.5) is 26.3 Å². The fourth-order valence-corrected chi connectivity index (χ4v) is 3.81. The molecular weight excluding hydrogens is 441 g/mol. The first-order valence-corrected chi connectivity index (χ1v) is 9.30. The highest BCUT2D eigenvalue weighted by atomic mass is 35.5. The van der Waals surface area contributed by atoms with Crippen molar-refractivity contribution in [1.29, 1.82) is 0 Å². The Morgan fingerprint density at radius 1 is 0.966 bits per heavy atom. The second-order valence-electron chi connectivity index (χ2n) is 7.60. The first kappa shape index (κ1) is 23.7. The topological polar surface area (TPSA) is 25.8 Å². The van der Waals surface area contributed by atoms with Gasteiger partial charge < -0.3 is 0 Å². The summed E-state index contributed by atoms with van der Waals surface area (Å²) >= 11 is 12.3. The maximum Gasteiger partial charge on any atom is 0.433 e. The quantitative estimate of drug-likeness (QED) is 0.444. The molecule has 0 aromatic carbocycles. The molecule has 0 radical (unpaired) electrons. The molecule has 2 rings (SSSR count). The standard InChI is InChI=1S/C19H18Cl2F6N2/c1-9(2)15-13(20)10(7-12(29-15)19(25,26)27)8-17(3,4)16-14(21)11(5-6-28-16)18(22,23)24/h5-7,9H,8H2,1-4H3. The van der Waals surface area contributed by atoms with Gasteiger partial charge in [0.05, 0.1) is 27.0 Å². The van der Waals surface area contributed by atoms with Crippen LogP contribution in [-0.2, 0) is 24.2 Å². The smallest absolute Gasteiger partial charge is 0.259 e. The van der Waals surface area contributed by atoms with E-state index in [-0.39, 0.29) is 34.3 Å². The predicted molar refractivity (Wildman–Crippen MR) is 99.3 cm³/mol.